The summed E-state index contributed by atoms with van der Waals surface area (Å²) >= 11 is 1.65. The van der Waals surface area contributed by atoms with Crippen LogP contribution in [0, 0.1) is 0 Å². The van der Waals surface area contributed by atoms with Gasteiger partial charge in [-0.2, -0.15) is 4.31 Å². The largest absolute Gasteiger partial charge is 0.264 e. The molecule has 0 N–H and O–H groups in total. The van der Waals surface area contributed by atoms with Crippen LogP contribution < -0.4 is 0 Å². The molecule has 4 nitrogen and oxygen atoms in total. The van der Waals surface area contributed by atoms with Crippen molar-refractivity contribution in [1.82, 2.24) is 9.29 Å². The number of sulfonamides is 1. The molecule has 3 rings (SSSR count). The lowest BCUT2D eigenvalue weighted by molar-refractivity contribution is 0.410. The molecule has 142 valence electrons. The van der Waals surface area contributed by atoms with Crippen molar-refractivity contribution in [3.63, 3.8) is 0 Å². The molecule has 0 atom stereocenters. The van der Waals surface area contributed by atoms with Crippen LogP contribution in [0.5, 0.6) is 0 Å². The Kier molecular flexibility index (Phi) is 6.42. The number of hydrogen-bond donors (Lipinski definition) is 0. The van der Waals surface area contributed by atoms with E-state index in [9.17, 15) is 8.42 Å². The Bertz CT molecular complexity index is 936. The molecule has 0 spiro atoms. The summed E-state index contributed by atoms with van der Waals surface area (Å²) < 4.78 is 28.1. The second-order valence-electron chi connectivity index (χ2n) is 6.75. The van der Waals surface area contributed by atoms with E-state index in [2.05, 4.69) is 18.8 Å². The van der Waals surface area contributed by atoms with Gasteiger partial charge in [-0.1, -0.05) is 38.1 Å². The molecule has 27 heavy (non-hydrogen) atoms. The van der Waals surface area contributed by atoms with E-state index in [1.807, 2.05) is 41.8 Å². The third-order valence-corrected chi connectivity index (χ3v) is 7.25. The van der Waals surface area contributed by atoms with E-state index in [4.69, 9.17) is 0 Å². The normalized spacial score (nSPS) is 12.0. The molecule has 6 heteroatoms. The van der Waals surface area contributed by atoms with Crippen LogP contribution in [-0.4, -0.2) is 24.3 Å². The lowest BCUT2D eigenvalue weighted by Crippen LogP contribution is -2.32. The second-order valence-corrected chi connectivity index (χ2v) is 9.72. The highest BCUT2D eigenvalue weighted by Gasteiger charge is 2.25. The third kappa shape index (κ3) is 5.03. The first kappa shape index (κ1) is 19.7. The predicted molar refractivity (Wildman–Crippen MR) is 110 cm³/mol. The van der Waals surface area contributed by atoms with Crippen LogP contribution in [0.4, 0.5) is 0 Å². The summed E-state index contributed by atoms with van der Waals surface area (Å²) in [6.07, 6.45) is 4.11. The van der Waals surface area contributed by atoms with Crippen LogP contribution in [0.1, 0.15) is 35.8 Å². The van der Waals surface area contributed by atoms with Gasteiger partial charge in [0.2, 0.25) is 10.0 Å². The number of pyridine rings is 1. The van der Waals surface area contributed by atoms with Crippen LogP contribution in [0.25, 0.3) is 0 Å². The minimum Gasteiger partial charge on any atom is -0.264 e. The van der Waals surface area contributed by atoms with Gasteiger partial charge in [-0.15, -0.1) is 11.3 Å². The third-order valence-electron chi connectivity index (χ3n) is 4.45. The Hall–Kier alpha value is -2.02. The molecule has 2 heterocycles. The molecule has 0 bridgehead atoms. The topological polar surface area (TPSA) is 50.3 Å². The molecule has 0 amide bonds. The first-order valence-corrected chi connectivity index (χ1v) is 11.3. The number of hydrogen-bond acceptors (Lipinski definition) is 4. The minimum atomic E-state index is -3.58. The lowest BCUT2D eigenvalue weighted by Gasteiger charge is -2.22. The van der Waals surface area contributed by atoms with Crippen LogP contribution in [0.15, 0.2) is 71.2 Å². The fourth-order valence-corrected chi connectivity index (χ4v) is 4.97. The van der Waals surface area contributed by atoms with Crippen molar-refractivity contribution in [1.29, 1.82) is 0 Å². The molecule has 0 saturated heterocycles. The second kappa shape index (κ2) is 8.78. The molecule has 0 aliphatic carbocycles. The Morgan fingerprint density at radius 2 is 1.85 bits per heavy atom. The summed E-state index contributed by atoms with van der Waals surface area (Å²) in [4.78, 5) is 5.63. The molecule has 3 aromatic rings. The summed E-state index contributed by atoms with van der Waals surface area (Å²) in [5.74, 6) is 0.368. The van der Waals surface area contributed by atoms with Crippen molar-refractivity contribution >= 4 is 21.4 Å². The van der Waals surface area contributed by atoms with Crippen molar-refractivity contribution in [2.45, 2.75) is 37.6 Å². The number of benzene rings is 1. The zero-order valence-electron chi connectivity index (χ0n) is 15.6. The highest BCUT2D eigenvalue weighted by molar-refractivity contribution is 7.89. The van der Waals surface area contributed by atoms with Gasteiger partial charge in [0.1, 0.15) is 0 Å². The van der Waals surface area contributed by atoms with Crippen molar-refractivity contribution in [3.8, 4) is 0 Å². The highest BCUT2D eigenvalue weighted by Crippen LogP contribution is 2.22. The van der Waals surface area contributed by atoms with E-state index < -0.39 is 10.0 Å². The van der Waals surface area contributed by atoms with Gasteiger partial charge in [-0.25, -0.2) is 8.42 Å². The molecule has 0 aliphatic heterocycles. The minimum absolute atomic E-state index is 0.313. The summed E-state index contributed by atoms with van der Waals surface area (Å²) in [7, 11) is -3.58. The molecule has 0 radical (unpaired) electrons. The van der Waals surface area contributed by atoms with E-state index in [0.29, 0.717) is 30.3 Å². The molecular weight excluding hydrogens is 376 g/mol. The zero-order valence-corrected chi connectivity index (χ0v) is 17.2. The van der Waals surface area contributed by atoms with Crippen molar-refractivity contribution in [2.24, 2.45) is 0 Å². The van der Waals surface area contributed by atoms with Crippen LogP contribution in [0.2, 0.25) is 0 Å². The Morgan fingerprint density at radius 1 is 1.07 bits per heavy atom. The van der Waals surface area contributed by atoms with Gasteiger partial charge < -0.3 is 0 Å². The van der Waals surface area contributed by atoms with Gasteiger partial charge >= 0.3 is 0 Å². The van der Waals surface area contributed by atoms with Crippen LogP contribution >= 0.6 is 11.3 Å². The maximum Gasteiger partial charge on any atom is 0.243 e. The van der Waals surface area contributed by atoms with Crippen LogP contribution in [0.3, 0.4) is 0 Å². The zero-order chi connectivity index (χ0) is 19.3. The van der Waals surface area contributed by atoms with E-state index in [1.165, 1.54) is 4.88 Å². The molecule has 0 unspecified atom stereocenters. The van der Waals surface area contributed by atoms with Crippen molar-refractivity contribution in [3.05, 3.63) is 82.3 Å². The fraction of sp³-hybridized carbons (Fsp3) is 0.286. The Morgan fingerprint density at radius 3 is 2.44 bits per heavy atom. The van der Waals surface area contributed by atoms with Gasteiger partial charge in [-0.3, -0.25) is 4.98 Å². The number of nitrogens with zero attached hydrogens (tertiary/aromatic N) is 2. The predicted octanol–water partition coefficient (Wildman–Crippen LogP) is 4.70. The van der Waals surface area contributed by atoms with Gasteiger partial charge in [0, 0.05) is 30.4 Å². The summed E-state index contributed by atoms with van der Waals surface area (Å²) in [6.45, 7) is 4.94. The van der Waals surface area contributed by atoms with Crippen LogP contribution in [-0.2, 0) is 23.0 Å². The summed E-state index contributed by atoms with van der Waals surface area (Å²) in [5.41, 5.74) is 2.01. The van der Waals surface area contributed by atoms with Crippen molar-refractivity contribution in [2.75, 3.05) is 6.54 Å². The first-order chi connectivity index (χ1) is 13.0. The van der Waals surface area contributed by atoms with Gasteiger partial charge in [0.15, 0.2) is 0 Å². The van der Waals surface area contributed by atoms with Gasteiger partial charge in [-0.05, 0) is 53.1 Å². The lowest BCUT2D eigenvalue weighted by atomic mass is 10.0. The first-order valence-electron chi connectivity index (χ1n) is 8.98. The van der Waals surface area contributed by atoms with Gasteiger partial charge in [0.05, 0.1) is 4.90 Å². The highest BCUT2D eigenvalue weighted by atomic mass is 32.2. The molecule has 0 fully saturated rings. The smallest absolute Gasteiger partial charge is 0.243 e. The molecule has 1 aromatic carbocycles. The standard InChI is InChI=1S/C21H24N2O2S2/c1-17(2)19-7-9-21(10-8-19)27(24,25)23(13-11-20-6-4-14-26-20)16-18-5-3-12-22-15-18/h3-10,12,14-15,17H,11,13,16H2,1-2H3. The summed E-state index contributed by atoms with van der Waals surface area (Å²) in [6, 6.07) is 15.0. The van der Waals surface area contributed by atoms with E-state index in [-0.39, 0.29) is 0 Å². The fourth-order valence-electron chi connectivity index (χ4n) is 2.84. The average molecular weight is 401 g/mol. The number of aromatic nitrogens is 1. The molecule has 0 saturated carbocycles. The molecule has 2 aromatic heterocycles. The maximum absolute atomic E-state index is 13.3. The summed E-state index contributed by atoms with van der Waals surface area (Å²) in [5, 5.41) is 2.01. The van der Waals surface area contributed by atoms with E-state index >= 15 is 0 Å². The number of thiophene rings is 1. The Balaban J connectivity index is 1.86. The van der Waals surface area contributed by atoms with E-state index in [1.54, 1.807) is 40.2 Å². The maximum atomic E-state index is 13.3. The molecular formula is C21H24N2O2S2. The van der Waals surface area contributed by atoms with Crippen molar-refractivity contribution < 1.29 is 8.42 Å². The van der Waals surface area contributed by atoms with Gasteiger partial charge in [0.25, 0.3) is 0 Å². The molecule has 0 aliphatic rings. The quantitative estimate of drug-likeness (QED) is 0.551. The SMILES string of the molecule is CC(C)c1ccc(S(=O)(=O)N(CCc2cccs2)Cc2cccnc2)cc1. The Labute approximate surface area is 165 Å². The monoisotopic (exact) mass is 400 g/mol. The average Bonchev–Trinajstić information content (AvgIpc) is 3.19. The number of rotatable bonds is 8. The van der Waals surface area contributed by atoms with E-state index in [0.717, 1.165) is 11.1 Å².